The number of rotatable bonds is 8. The van der Waals surface area contributed by atoms with Crippen LogP contribution in [0.4, 0.5) is 11.6 Å². The van der Waals surface area contributed by atoms with Crippen LogP contribution in [0.15, 0.2) is 36.7 Å². The monoisotopic (exact) mass is 447 g/mol. The summed E-state index contributed by atoms with van der Waals surface area (Å²) in [6.45, 7) is 6.72. The number of benzene rings is 1. The Morgan fingerprint density at radius 1 is 1.03 bits per heavy atom. The van der Waals surface area contributed by atoms with Gasteiger partial charge in [0.25, 0.3) is 0 Å². The average Bonchev–Trinajstić information content (AvgIpc) is 3.59. The van der Waals surface area contributed by atoms with Gasteiger partial charge < -0.3 is 15.4 Å². The van der Waals surface area contributed by atoms with Crippen molar-refractivity contribution >= 4 is 22.7 Å². The highest BCUT2D eigenvalue weighted by atomic mass is 16.5. The summed E-state index contributed by atoms with van der Waals surface area (Å²) >= 11 is 0. The van der Waals surface area contributed by atoms with Crippen molar-refractivity contribution in [2.75, 3.05) is 44.7 Å². The lowest BCUT2D eigenvalue weighted by molar-refractivity contribution is 0.0384. The zero-order valence-electron chi connectivity index (χ0n) is 19.1. The molecule has 3 aromatic rings. The van der Waals surface area contributed by atoms with Gasteiger partial charge in [0.2, 0.25) is 5.95 Å². The van der Waals surface area contributed by atoms with Crippen molar-refractivity contribution in [1.29, 1.82) is 0 Å². The molecular formula is C25H33N7O. The summed E-state index contributed by atoms with van der Waals surface area (Å²) in [5.74, 6) is 2.27. The fourth-order valence-corrected chi connectivity index (χ4v) is 5.78. The first kappa shape index (κ1) is 21.0. The van der Waals surface area contributed by atoms with Crippen LogP contribution in [0.3, 0.4) is 0 Å². The second-order valence-corrected chi connectivity index (χ2v) is 9.76. The topological polar surface area (TPSA) is 80.1 Å². The molecule has 2 N–H and O–H groups in total. The van der Waals surface area contributed by atoms with E-state index in [1.165, 1.54) is 31.2 Å². The summed E-state index contributed by atoms with van der Waals surface area (Å²) in [5.41, 5.74) is 3.22. The first-order valence-corrected chi connectivity index (χ1v) is 12.4. The molecule has 3 heterocycles. The maximum atomic E-state index is 5.40. The van der Waals surface area contributed by atoms with Crippen molar-refractivity contribution in [3.8, 4) is 0 Å². The predicted molar refractivity (Wildman–Crippen MR) is 128 cm³/mol. The van der Waals surface area contributed by atoms with Gasteiger partial charge in [-0.05, 0) is 48.8 Å². The van der Waals surface area contributed by atoms with Gasteiger partial charge in [0.1, 0.15) is 0 Å². The van der Waals surface area contributed by atoms with Gasteiger partial charge in [-0.3, -0.25) is 4.90 Å². The molecule has 0 radical (unpaired) electrons. The predicted octanol–water partition coefficient (Wildman–Crippen LogP) is 3.35. The van der Waals surface area contributed by atoms with Crippen LogP contribution in [0.25, 0.3) is 11.0 Å². The minimum Gasteiger partial charge on any atom is -0.379 e. The third kappa shape index (κ3) is 4.60. The van der Waals surface area contributed by atoms with Crippen LogP contribution in [0.2, 0.25) is 0 Å². The summed E-state index contributed by atoms with van der Waals surface area (Å²) in [4.78, 5) is 11.8. The van der Waals surface area contributed by atoms with E-state index in [2.05, 4.69) is 49.5 Å². The molecule has 8 nitrogen and oxygen atoms in total. The van der Waals surface area contributed by atoms with E-state index in [0.29, 0.717) is 12.0 Å². The molecule has 1 aliphatic heterocycles. The quantitative estimate of drug-likeness (QED) is 0.513. The molecule has 0 spiro atoms. The first-order valence-electron chi connectivity index (χ1n) is 12.4. The van der Waals surface area contributed by atoms with E-state index in [1.807, 2.05) is 12.4 Å². The number of fused-ring (bicyclic) bond motifs is 3. The lowest BCUT2D eigenvalue weighted by Crippen LogP contribution is -2.40. The maximum absolute atomic E-state index is 5.40. The lowest BCUT2D eigenvalue weighted by atomic mass is 9.95. The van der Waals surface area contributed by atoms with Gasteiger partial charge in [0.05, 0.1) is 30.8 Å². The van der Waals surface area contributed by atoms with Crippen molar-refractivity contribution in [2.24, 2.45) is 11.8 Å². The Kier molecular flexibility index (Phi) is 5.96. The van der Waals surface area contributed by atoms with Gasteiger partial charge in [0.15, 0.2) is 5.65 Å². The molecule has 3 aliphatic rings. The van der Waals surface area contributed by atoms with E-state index in [9.17, 15) is 0 Å². The molecular weight excluding hydrogens is 414 g/mol. The van der Waals surface area contributed by atoms with E-state index in [0.717, 1.165) is 74.5 Å². The van der Waals surface area contributed by atoms with E-state index in [-0.39, 0.29) is 0 Å². The van der Waals surface area contributed by atoms with E-state index >= 15 is 0 Å². The molecule has 3 fully saturated rings. The average molecular weight is 448 g/mol. The smallest absolute Gasteiger partial charge is 0.229 e. The molecule has 174 valence electrons. The zero-order valence-corrected chi connectivity index (χ0v) is 19.1. The Labute approximate surface area is 194 Å². The van der Waals surface area contributed by atoms with Gasteiger partial charge in [-0.1, -0.05) is 18.6 Å². The van der Waals surface area contributed by atoms with Crippen molar-refractivity contribution in [2.45, 2.75) is 38.3 Å². The Morgan fingerprint density at radius 3 is 2.70 bits per heavy atom. The van der Waals surface area contributed by atoms with Gasteiger partial charge in [-0.25, -0.2) is 9.67 Å². The number of aromatic nitrogens is 4. The molecule has 8 heteroatoms. The highest BCUT2D eigenvalue weighted by Gasteiger charge is 2.41. The summed E-state index contributed by atoms with van der Waals surface area (Å²) in [6, 6.07) is 9.00. The molecule has 2 saturated carbocycles. The van der Waals surface area contributed by atoms with Crippen molar-refractivity contribution in [3.05, 3.63) is 42.2 Å². The van der Waals surface area contributed by atoms with Crippen molar-refractivity contribution in [3.63, 3.8) is 0 Å². The van der Waals surface area contributed by atoms with Crippen LogP contribution >= 0.6 is 0 Å². The number of morpholine rings is 1. The maximum Gasteiger partial charge on any atom is 0.229 e. The highest BCUT2D eigenvalue weighted by molar-refractivity contribution is 5.75. The number of anilines is 2. The third-order valence-corrected chi connectivity index (χ3v) is 7.60. The van der Waals surface area contributed by atoms with Crippen LogP contribution in [0, 0.1) is 11.8 Å². The van der Waals surface area contributed by atoms with Crippen LogP contribution in [-0.4, -0.2) is 64.0 Å². The van der Waals surface area contributed by atoms with Gasteiger partial charge in [0, 0.05) is 44.6 Å². The second-order valence-electron chi connectivity index (χ2n) is 9.76. The minimum absolute atomic E-state index is 0.499. The van der Waals surface area contributed by atoms with Crippen LogP contribution < -0.4 is 10.6 Å². The standard InChI is InChI=1S/C25H33N7O/c1-4-20-13-19(1)14-23(20)32-24-21(17-28-32)16-27-25(30-24)29-22-5-2-18(3-6-22)15-26-7-8-31-9-11-33-12-10-31/h2-3,5-6,16-17,19-20,23,26H,1,4,7-15H2,(H,27,29,30)/t19-,20+,23-/m0/s1. The second kappa shape index (κ2) is 9.37. The van der Waals surface area contributed by atoms with Crippen LogP contribution in [-0.2, 0) is 11.3 Å². The van der Waals surface area contributed by atoms with E-state index in [4.69, 9.17) is 14.8 Å². The molecule has 33 heavy (non-hydrogen) atoms. The van der Waals surface area contributed by atoms with Crippen LogP contribution in [0.1, 0.15) is 37.3 Å². The number of hydrogen-bond donors (Lipinski definition) is 2. The first-order chi connectivity index (χ1) is 16.3. The summed E-state index contributed by atoms with van der Waals surface area (Å²) in [5, 5.41) is 12.6. The van der Waals surface area contributed by atoms with Crippen LogP contribution in [0.5, 0.6) is 0 Å². The number of nitrogens with one attached hydrogen (secondary N) is 2. The Hall–Kier alpha value is -2.55. The normalized spacial score (nSPS) is 25.2. The third-order valence-electron chi connectivity index (χ3n) is 7.60. The number of hydrogen-bond acceptors (Lipinski definition) is 7. The fourth-order valence-electron chi connectivity index (χ4n) is 5.78. The van der Waals surface area contributed by atoms with Crippen molar-refractivity contribution < 1.29 is 4.74 Å². The van der Waals surface area contributed by atoms with E-state index in [1.54, 1.807) is 0 Å². The largest absolute Gasteiger partial charge is 0.379 e. The summed E-state index contributed by atoms with van der Waals surface area (Å²) in [7, 11) is 0. The molecule has 2 aromatic heterocycles. The summed E-state index contributed by atoms with van der Waals surface area (Å²) < 4.78 is 7.57. The SMILES string of the molecule is c1cc(Nc2ncc3cnn([C@H]4C[C@H]5CC[C@@H]4C5)c3n2)ccc1CNCCN1CCOCC1. The van der Waals surface area contributed by atoms with Gasteiger partial charge >= 0.3 is 0 Å². The molecule has 1 aromatic carbocycles. The Balaban J connectivity index is 1.06. The fraction of sp³-hybridized carbons (Fsp3) is 0.560. The molecule has 0 amide bonds. The molecule has 2 aliphatic carbocycles. The molecule has 0 unspecified atom stereocenters. The summed E-state index contributed by atoms with van der Waals surface area (Å²) in [6.07, 6.45) is 9.12. The zero-order chi connectivity index (χ0) is 22.0. The lowest BCUT2D eigenvalue weighted by Gasteiger charge is -2.26. The van der Waals surface area contributed by atoms with Gasteiger partial charge in [-0.15, -0.1) is 0 Å². The highest BCUT2D eigenvalue weighted by Crippen LogP contribution is 2.50. The number of nitrogens with zero attached hydrogens (tertiary/aromatic N) is 5. The van der Waals surface area contributed by atoms with E-state index < -0.39 is 0 Å². The molecule has 2 bridgehead atoms. The van der Waals surface area contributed by atoms with Crippen molar-refractivity contribution in [1.82, 2.24) is 30.0 Å². The molecule has 1 saturated heterocycles. The Bertz CT molecular complexity index is 1080. The van der Waals surface area contributed by atoms with Gasteiger partial charge in [-0.2, -0.15) is 10.1 Å². The Morgan fingerprint density at radius 2 is 1.91 bits per heavy atom. The minimum atomic E-state index is 0.499. The number of ether oxygens (including phenoxy) is 1. The molecule has 6 rings (SSSR count). The molecule has 3 atom stereocenters.